The Kier molecular flexibility index (Phi) is 7.91. The number of unbranched alkanes of at least 4 members (excludes halogenated alkanes) is 4. The van der Waals surface area contributed by atoms with E-state index in [4.69, 9.17) is 11.6 Å². The highest BCUT2D eigenvalue weighted by atomic mass is 35.5. The summed E-state index contributed by atoms with van der Waals surface area (Å²) in [6.07, 6.45) is 8.42. The summed E-state index contributed by atoms with van der Waals surface area (Å²) in [4.78, 5) is 0. The molecule has 0 heterocycles. The number of allylic oxidation sites excluding steroid dienone is 1. The minimum atomic E-state index is -0.326. The van der Waals surface area contributed by atoms with E-state index in [0.717, 1.165) is 18.4 Å². The SMILES string of the molecule is C=C(C)C(CCCCCCC)Cc1ccc(Cl)c(F)c1. The fraction of sp³-hybridized carbons (Fsp3) is 0.556. The molecule has 0 fully saturated rings. The smallest absolute Gasteiger partial charge is 0.142 e. The second-order valence-corrected chi connectivity index (χ2v) is 6.11. The first kappa shape index (κ1) is 17.2. The van der Waals surface area contributed by atoms with Crippen molar-refractivity contribution in [2.24, 2.45) is 5.92 Å². The van der Waals surface area contributed by atoms with Gasteiger partial charge in [0.15, 0.2) is 0 Å². The zero-order valence-corrected chi connectivity index (χ0v) is 13.5. The maximum atomic E-state index is 13.5. The lowest BCUT2D eigenvalue weighted by molar-refractivity contribution is 0.502. The fourth-order valence-electron chi connectivity index (χ4n) is 2.47. The van der Waals surface area contributed by atoms with E-state index in [9.17, 15) is 4.39 Å². The van der Waals surface area contributed by atoms with Gasteiger partial charge < -0.3 is 0 Å². The van der Waals surface area contributed by atoms with Gasteiger partial charge in [0.25, 0.3) is 0 Å². The van der Waals surface area contributed by atoms with Gasteiger partial charge in [-0.2, -0.15) is 0 Å². The molecule has 0 N–H and O–H groups in total. The highest BCUT2D eigenvalue weighted by molar-refractivity contribution is 6.30. The minimum Gasteiger partial charge on any atom is -0.205 e. The van der Waals surface area contributed by atoms with Crippen LogP contribution in [-0.4, -0.2) is 0 Å². The van der Waals surface area contributed by atoms with Crippen molar-refractivity contribution in [3.63, 3.8) is 0 Å². The van der Waals surface area contributed by atoms with Gasteiger partial charge in [0, 0.05) is 0 Å². The second kappa shape index (κ2) is 9.18. The number of rotatable bonds is 9. The molecular weight excluding hydrogens is 271 g/mol. The van der Waals surface area contributed by atoms with Crippen LogP contribution in [0.2, 0.25) is 5.02 Å². The molecule has 1 aromatic rings. The lowest BCUT2D eigenvalue weighted by Gasteiger charge is -2.17. The summed E-state index contributed by atoms with van der Waals surface area (Å²) in [5.41, 5.74) is 2.20. The molecule has 0 aliphatic carbocycles. The van der Waals surface area contributed by atoms with E-state index in [1.165, 1.54) is 37.7 Å². The van der Waals surface area contributed by atoms with Crippen LogP contribution in [0.1, 0.15) is 57.9 Å². The molecule has 0 spiro atoms. The number of hydrogen-bond donors (Lipinski definition) is 0. The first-order valence-corrected chi connectivity index (χ1v) is 8.01. The zero-order valence-electron chi connectivity index (χ0n) is 12.7. The van der Waals surface area contributed by atoms with Gasteiger partial charge >= 0.3 is 0 Å². The molecule has 1 unspecified atom stereocenters. The maximum Gasteiger partial charge on any atom is 0.142 e. The molecule has 1 aromatic carbocycles. The Labute approximate surface area is 128 Å². The standard InChI is InChI=1S/C18H26ClF/c1-4-5-6-7-8-9-16(14(2)3)12-15-10-11-17(19)18(20)13-15/h10-11,13,16H,2,4-9,12H2,1,3H3. The van der Waals surface area contributed by atoms with Gasteiger partial charge in [-0.25, -0.2) is 4.39 Å². The van der Waals surface area contributed by atoms with Crippen molar-refractivity contribution in [2.75, 3.05) is 0 Å². The summed E-state index contributed by atoms with van der Waals surface area (Å²) in [5, 5.41) is 0.195. The highest BCUT2D eigenvalue weighted by Gasteiger charge is 2.11. The van der Waals surface area contributed by atoms with Crippen LogP contribution in [-0.2, 0) is 6.42 Å². The summed E-state index contributed by atoms with van der Waals surface area (Å²) >= 11 is 5.72. The van der Waals surface area contributed by atoms with Gasteiger partial charge in [-0.15, -0.1) is 0 Å². The molecule has 2 heteroatoms. The second-order valence-electron chi connectivity index (χ2n) is 5.70. The van der Waals surface area contributed by atoms with Crippen LogP contribution in [0.5, 0.6) is 0 Å². The molecule has 20 heavy (non-hydrogen) atoms. The van der Waals surface area contributed by atoms with Crippen molar-refractivity contribution in [3.05, 3.63) is 46.8 Å². The largest absolute Gasteiger partial charge is 0.205 e. The summed E-state index contributed by atoms with van der Waals surface area (Å²) in [6, 6.07) is 5.11. The van der Waals surface area contributed by atoms with Gasteiger partial charge in [-0.05, 0) is 43.4 Å². The molecule has 0 saturated heterocycles. The Morgan fingerprint density at radius 1 is 1.25 bits per heavy atom. The van der Waals surface area contributed by atoms with E-state index < -0.39 is 0 Å². The third kappa shape index (κ3) is 6.09. The monoisotopic (exact) mass is 296 g/mol. The van der Waals surface area contributed by atoms with E-state index in [2.05, 4.69) is 20.4 Å². The molecule has 112 valence electrons. The van der Waals surface area contributed by atoms with Crippen molar-refractivity contribution >= 4 is 11.6 Å². The normalized spacial score (nSPS) is 12.4. The van der Waals surface area contributed by atoms with Gasteiger partial charge in [0.1, 0.15) is 5.82 Å². The number of hydrogen-bond acceptors (Lipinski definition) is 0. The predicted molar refractivity (Wildman–Crippen MR) is 86.8 cm³/mol. The van der Waals surface area contributed by atoms with Crippen LogP contribution in [0.25, 0.3) is 0 Å². The molecular formula is C18H26ClF. The van der Waals surface area contributed by atoms with Crippen molar-refractivity contribution in [1.82, 2.24) is 0 Å². The topological polar surface area (TPSA) is 0 Å². The summed E-state index contributed by atoms with van der Waals surface area (Å²) in [6.45, 7) is 8.39. The van der Waals surface area contributed by atoms with Crippen LogP contribution in [0, 0.1) is 11.7 Å². The zero-order chi connectivity index (χ0) is 15.0. The number of halogens is 2. The van der Waals surface area contributed by atoms with Gasteiger partial charge in [-0.1, -0.05) is 68.8 Å². The Hall–Kier alpha value is -0.820. The Morgan fingerprint density at radius 3 is 2.55 bits per heavy atom. The van der Waals surface area contributed by atoms with Gasteiger partial charge in [0.05, 0.1) is 5.02 Å². The van der Waals surface area contributed by atoms with Crippen molar-refractivity contribution < 1.29 is 4.39 Å². The molecule has 0 amide bonds. The molecule has 0 aromatic heterocycles. The average Bonchev–Trinajstić information content (AvgIpc) is 2.41. The summed E-state index contributed by atoms with van der Waals surface area (Å²) in [5.74, 6) is 0.116. The van der Waals surface area contributed by atoms with Crippen LogP contribution < -0.4 is 0 Å². The fourth-order valence-corrected chi connectivity index (χ4v) is 2.59. The van der Waals surface area contributed by atoms with E-state index in [-0.39, 0.29) is 10.8 Å². The molecule has 0 bridgehead atoms. The molecule has 0 aliphatic rings. The van der Waals surface area contributed by atoms with Gasteiger partial charge in [-0.3, -0.25) is 0 Å². The molecule has 0 radical (unpaired) electrons. The van der Waals surface area contributed by atoms with Crippen LogP contribution >= 0.6 is 11.6 Å². The Bertz CT molecular complexity index is 425. The van der Waals surface area contributed by atoms with E-state index >= 15 is 0 Å². The average molecular weight is 297 g/mol. The summed E-state index contributed by atoms with van der Waals surface area (Å²) < 4.78 is 13.5. The molecule has 0 aliphatic heterocycles. The Balaban J connectivity index is 2.49. The third-order valence-electron chi connectivity index (χ3n) is 3.82. The van der Waals surface area contributed by atoms with Gasteiger partial charge in [0.2, 0.25) is 0 Å². The maximum absolute atomic E-state index is 13.5. The highest BCUT2D eigenvalue weighted by Crippen LogP contribution is 2.24. The van der Waals surface area contributed by atoms with E-state index in [0.29, 0.717) is 5.92 Å². The lowest BCUT2D eigenvalue weighted by atomic mass is 9.88. The predicted octanol–water partition coefficient (Wildman–Crippen LogP) is 6.57. The Morgan fingerprint density at radius 2 is 1.95 bits per heavy atom. The summed E-state index contributed by atoms with van der Waals surface area (Å²) in [7, 11) is 0. The van der Waals surface area contributed by atoms with Crippen LogP contribution in [0.3, 0.4) is 0 Å². The van der Waals surface area contributed by atoms with Crippen molar-refractivity contribution in [2.45, 2.75) is 58.8 Å². The third-order valence-corrected chi connectivity index (χ3v) is 4.13. The van der Waals surface area contributed by atoms with Crippen LogP contribution in [0.4, 0.5) is 4.39 Å². The number of benzene rings is 1. The van der Waals surface area contributed by atoms with E-state index in [1.807, 2.05) is 6.07 Å². The van der Waals surface area contributed by atoms with Crippen molar-refractivity contribution in [3.8, 4) is 0 Å². The quantitative estimate of drug-likeness (QED) is 0.357. The lowest BCUT2D eigenvalue weighted by Crippen LogP contribution is -2.06. The van der Waals surface area contributed by atoms with E-state index in [1.54, 1.807) is 12.1 Å². The molecule has 0 nitrogen and oxygen atoms in total. The first-order valence-electron chi connectivity index (χ1n) is 7.64. The first-order chi connectivity index (χ1) is 9.54. The molecule has 1 rings (SSSR count). The molecule has 0 saturated carbocycles. The minimum absolute atomic E-state index is 0.195. The van der Waals surface area contributed by atoms with Crippen LogP contribution in [0.15, 0.2) is 30.4 Å². The molecule has 1 atom stereocenters. The van der Waals surface area contributed by atoms with Crippen molar-refractivity contribution in [1.29, 1.82) is 0 Å².